The smallest absolute Gasteiger partial charge is 0.00246 e. The summed E-state index contributed by atoms with van der Waals surface area (Å²) in [7, 11) is 2.16. The van der Waals surface area contributed by atoms with Crippen LogP contribution in [-0.2, 0) is 0 Å². The van der Waals surface area contributed by atoms with Gasteiger partial charge < -0.3 is 10.6 Å². The summed E-state index contributed by atoms with van der Waals surface area (Å²) in [5.74, 6) is 0.822. The van der Waals surface area contributed by atoms with Crippen LogP contribution in [0.3, 0.4) is 0 Å². The summed E-state index contributed by atoms with van der Waals surface area (Å²) in [6.07, 6.45) is 0. The minimum atomic E-state index is 0.354. The van der Waals surface area contributed by atoms with Gasteiger partial charge in [-0.3, -0.25) is 0 Å². The highest BCUT2D eigenvalue weighted by atomic mass is 15.2. The fraction of sp³-hybridized carbons (Fsp3) is 1.00. The summed E-state index contributed by atoms with van der Waals surface area (Å²) in [6.45, 7) is 7.77. The van der Waals surface area contributed by atoms with Crippen molar-refractivity contribution >= 4 is 0 Å². The van der Waals surface area contributed by atoms with Crippen molar-refractivity contribution in [3.8, 4) is 0 Å². The van der Waals surface area contributed by atoms with E-state index in [9.17, 15) is 0 Å². The second-order valence-electron chi connectivity index (χ2n) is 4.11. The van der Waals surface area contributed by atoms with Gasteiger partial charge in [-0.15, -0.1) is 0 Å². The van der Waals surface area contributed by atoms with Crippen LogP contribution >= 0.6 is 0 Å². The number of rotatable bonds is 2. The molecule has 1 aliphatic heterocycles. The van der Waals surface area contributed by atoms with Crippen molar-refractivity contribution in [1.82, 2.24) is 4.90 Å². The van der Waals surface area contributed by atoms with Crippen LogP contribution in [0.15, 0.2) is 0 Å². The maximum Gasteiger partial charge on any atom is 0.00246 e. The highest BCUT2D eigenvalue weighted by Crippen LogP contribution is 2.31. The first-order valence-corrected chi connectivity index (χ1v) is 3.95. The second kappa shape index (κ2) is 2.51. The highest BCUT2D eigenvalue weighted by Gasteiger charge is 2.35. The Hall–Kier alpha value is -0.0800. The molecule has 1 saturated heterocycles. The van der Waals surface area contributed by atoms with E-state index in [4.69, 9.17) is 5.73 Å². The Balaban J connectivity index is 2.36. The van der Waals surface area contributed by atoms with Crippen LogP contribution in [0.2, 0.25) is 0 Å². The summed E-state index contributed by atoms with van der Waals surface area (Å²) < 4.78 is 0. The maximum atomic E-state index is 5.64. The van der Waals surface area contributed by atoms with Crippen LogP contribution in [0.5, 0.6) is 0 Å². The van der Waals surface area contributed by atoms with E-state index >= 15 is 0 Å². The van der Waals surface area contributed by atoms with Crippen LogP contribution in [0.4, 0.5) is 0 Å². The molecule has 0 radical (unpaired) electrons. The van der Waals surface area contributed by atoms with Crippen molar-refractivity contribution in [2.45, 2.75) is 13.8 Å². The number of likely N-dealkylation sites (tertiary alicyclic amines) is 1. The summed E-state index contributed by atoms with van der Waals surface area (Å²) in [4.78, 5) is 2.34. The van der Waals surface area contributed by atoms with Crippen molar-refractivity contribution in [1.29, 1.82) is 0 Å². The molecule has 0 spiro atoms. The molecule has 10 heavy (non-hydrogen) atoms. The minimum absolute atomic E-state index is 0.354. The predicted molar refractivity (Wildman–Crippen MR) is 43.8 cm³/mol. The first kappa shape index (κ1) is 8.02. The van der Waals surface area contributed by atoms with E-state index in [-0.39, 0.29) is 0 Å². The quantitative estimate of drug-likeness (QED) is 0.609. The standard InChI is InChI=1S/C8H18N2/c1-8(2,6-9)7-4-10(3)5-7/h7H,4-6,9H2,1-3H3. The fourth-order valence-corrected chi connectivity index (χ4v) is 1.36. The van der Waals surface area contributed by atoms with Gasteiger partial charge >= 0.3 is 0 Å². The van der Waals surface area contributed by atoms with Crippen LogP contribution < -0.4 is 5.73 Å². The Kier molecular flexibility index (Phi) is 2.02. The van der Waals surface area contributed by atoms with E-state index in [1.54, 1.807) is 0 Å². The number of hydrogen-bond acceptors (Lipinski definition) is 2. The summed E-state index contributed by atoms with van der Waals surface area (Å²) in [5, 5.41) is 0. The van der Waals surface area contributed by atoms with E-state index in [1.807, 2.05) is 0 Å². The van der Waals surface area contributed by atoms with Gasteiger partial charge in [0, 0.05) is 13.1 Å². The second-order valence-corrected chi connectivity index (χ2v) is 4.11. The molecule has 0 saturated carbocycles. The molecule has 2 N–H and O–H groups in total. The first-order valence-electron chi connectivity index (χ1n) is 3.95. The zero-order valence-corrected chi connectivity index (χ0v) is 7.22. The Labute approximate surface area is 63.4 Å². The van der Waals surface area contributed by atoms with Gasteiger partial charge in [0.25, 0.3) is 0 Å². The predicted octanol–water partition coefficient (Wildman–Crippen LogP) is 0.533. The van der Waals surface area contributed by atoms with E-state index in [0.717, 1.165) is 12.5 Å². The monoisotopic (exact) mass is 142 g/mol. The molecule has 0 aliphatic carbocycles. The van der Waals surface area contributed by atoms with E-state index in [1.165, 1.54) is 13.1 Å². The molecular formula is C8H18N2. The minimum Gasteiger partial charge on any atom is -0.330 e. The molecule has 1 heterocycles. The lowest BCUT2D eigenvalue weighted by Crippen LogP contribution is -2.52. The molecule has 0 aromatic carbocycles. The van der Waals surface area contributed by atoms with Crippen molar-refractivity contribution in [2.75, 3.05) is 26.7 Å². The van der Waals surface area contributed by atoms with Gasteiger partial charge in [-0.25, -0.2) is 0 Å². The lowest BCUT2D eigenvalue weighted by molar-refractivity contribution is 0.0401. The average Bonchev–Trinajstić information content (AvgIpc) is 1.81. The Morgan fingerprint density at radius 2 is 2.00 bits per heavy atom. The van der Waals surface area contributed by atoms with Gasteiger partial charge in [0.2, 0.25) is 0 Å². The molecule has 1 fully saturated rings. The lowest BCUT2D eigenvalue weighted by Gasteiger charge is -2.45. The van der Waals surface area contributed by atoms with Gasteiger partial charge in [-0.2, -0.15) is 0 Å². The van der Waals surface area contributed by atoms with E-state index in [2.05, 4.69) is 25.8 Å². The zero-order chi connectivity index (χ0) is 7.78. The topological polar surface area (TPSA) is 29.3 Å². The molecule has 1 rings (SSSR count). The van der Waals surface area contributed by atoms with Crippen LogP contribution in [0.25, 0.3) is 0 Å². The zero-order valence-electron chi connectivity index (χ0n) is 7.22. The molecule has 2 heteroatoms. The first-order chi connectivity index (χ1) is 4.56. The molecule has 0 atom stereocenters. The molecule has 2 nitrogen and oxygen atoms in total. The molecule has 0 bridgehead atoms. The third kappa shape index (κ3) is 1.32. The maximum absolute atomic E-state index is 5.64. The van der Waals surface area contributed by atoms with Crippen LogP contribution in [0.1, 0.15) is 13.8 Å². The molecule has 0 aromatic rings. The molecule has 0 aromatic heterocycles. The van der Waals surface area contributed by atoms with Crippen molar-refractivity contribution in [3.05, 3.63) is 0 Å². The molecule has 0 unspecified atom stereocenters. The summed E-state index contributed by atoms with van der Waals surface area (Å²) in [5.41, 5.74) is 6.00. The van der Waals surface area contributed by atoms with Crippen LogP contribution in [0, 0.1) is 11.3 Å². The van der Waals surface area contributed by atoms with E-state index < -0.39 is 0 Å². The molecule has 0 amide bonds. The Bertz CT molecular complexity index is 114. The van der Waals surface area contributed by atoms with E-state index in [0.29, 0.717) is 5.41 Å². The average molecular weight is 142 g/mol. The third-order valence-corrected chi connectivity index (χ3v) is 2.70. The Morgan fingerprint density at radius 1 is 1.50 bits per heavy atom. The Morgan fingerprint density at radius 3 is 2.30 bits per heavy atom. The van der Waals surface area contributed by atoms with Gasteiger partial charge in [-0.1, -0.05) is 13.8 Å². The molecule has 1 aliphatic rings. The van der Waals surface area contributed by atoms with Crippen molar-refractivity contribution in [2.24, 2.45) is 17.1 Å². The van der Waals surface area contributed by atoms with Crippen LogP contribution in [-0.4, -0.2) is 31.6 Å². The van der Waals surface area contributed by atoms with Crippen molar-refractivity contribution in [3.63, 3.8) is 0 Å². The lowest BCUT2D eigenvalue weighted by atomic mass is 9.75. The number of nitrogens with zero attached hydrogens (tertiary/aromatic N) is 1. The largest absolute Gasteiger partial charge is 0.330 e. The van der Waals surface area contributed by atoms with Crippen molar-refractivity contribution < 1.29 is 0 Å². The third-order valence-electron chi connectivity index (χ3n) is 2.70. The summed E-state index contributed by atoms with van der Waals surface area (Å²) >= 11 is 0. The van der Waals surface area contributed by atoms with Gasteiger partial charge in [0.15, 0.2) is 0 Å². The number of nitrogens with two attached hydrogens (primary N) is 1. The van der Waals surface area contributed by atoms with Gasteiger partial charge in [0.05, 0.1) is 0 Å². The number of hydrogen-bond donors (Lipinski definition) is 1. The highest BCUT2D eigenvalue weighted by molar-refractivity contribution is 4.89. The normalized spacial score (nSPS) is 22.8. The van der Waals surface area contributed by atoms with Gasteiger partial charge in [0.1, 0.15) is 0 Å². The molecular weight excluding hydrogens is 124 g/mol. The summed E-state index contributed by atoms with van der Waals surface area (Å²) in [6, 6.07) is 0. The SMILES string of the molecule is CN1CC(C(C)(C)CN)C1. The fourth-order valence-electron chi connectivity index (χ4n) is 1.36. The van der Waals surface area contributed by atoms with Gasteiger partial charge in [-0.05, 0) is 24.9 Å². The molecule has 60 valence electrons.